The predicted molar refractivity (Wildman–Crippen MR) is 112 cm³/mol. The molecule has 0 aromatic carbocycles. The number of carbonyl (C=O) groups is 2. The van der Waals surface area contributed by atoms with Crippen LogP contribution in [0, 0.1) is 12.8 Å². The van der Waals surface area contributed by atoms with Crippen molar-refractivity contribution in [3.8, 4) is 0 Å². The van der Waals surface area contributed by atoms with Crippen molar-refractivity contribution in [2.24, 2.45) is 5.92 Å². The van der Waals surface area contributed by atoms with Gasteiger partial charge in [0.1, 0.15) is 5.69 Å². The number of amides is 2. The van der Waals surface area contributed by atoms with Crippen molar-refractivity contribution < 1.29 is 14.1 Å². The molecule has 1 saturated heterocycles. The summed E-state index contributed by atoms with van der Waals surface area (Å²) in [5.74, 6) is 1.62. The Morgan fingerprint density at radius 1 is 1.37 bits per heavy atom. The Bertz CT molecular complexity index is 879. The fraction of sp³-hybridized carbons (Fsp3) is 0.591. The number of aryl methyl sites for hydroxylation is 1. The van der Waals surface area contributed by atoms with Gasteiger partial charge in [0.15, 0.2) is 5.82 Å². The summed E-state index contributed by atoms with van der Waals surface area (Å²) in [6.45, 7) is 9.37. The van der Waals surface area contributed by atoms with Crippen LogP contribution >= 0.6 is 0 Å². The first kappa shape index (κ1) is 21.9. The van der Waals surface area contributed by atoms with Crippen LogP contribution in [-0.4, -0.2) is 62.4 Å². The largest absolute Gasteiger partial charge is 0.339 e. The topological polar surface area (TPSA) is 92.4 Å². The highest BCUT2D eigenvalue weighted by molar-refractivity contribution is 5.93. The molecule has 3 rings (SSSR count). The lowest BCUT2D eigenvalue weighted by atomic mass is 10.0. The summed E-state index contributed by atoms with van der Waals surface area (Å²) in [7, 11) is 0. The zero-order valence-corrected chi connectivity index (χ0v) is 18.3. The Balaban J connectivity index is 1.64. The number of hydrogen-bond acceptors (Lipinski definition) is 6. The predicted octanol–water partition coefficient (Wildman–Crippen LogP) is 2.67. The van der Waals surface area contributed by atoms with Gasteiger partial charge in [-0.2, -0.15) is 4.98 Å². The van der Waals surface area contributed by atoms with Crippen LogP contribution < -0.4 is 0 Å². The van der Waals surface area contributed by atoms with Crippen LogP contribution in [0.5, 0.6) is 0 Å². The molecule has 0 N–H and O–H groups in total. The summed E-state index contributed by atoms with van der Waals surface area (Å²) in [4.78, 5) is 37.7. The summed E-state index contributed by atoms with van der Waals surface area (Å²) in [6, 6.07) is 3.70. The van der Waals surface area contributed by atoms with E-state index < -0.39 is 0 Å². The van der Waals surface area contributed by atoms with Crippen molar-refractivity contribution in [3.05, 3.63) is 41.3 Å². The molecule has 162 valence electrons. The molecule has 1 unspecified atom stereocenters. The molecule has 0 saturated carbocycles. The van der Waals surface area contributed by atoms with Crippen LogP contribution in [0.25, 0.3) is 0 Å². The minimum Gasteiger partial charge on any atom is -0.339 e. The third-order valence-electron chi connectivity index (χ3n) is 5.41. The SMILES string of the molecule is CC(=O)N(CCc1noc(CC(C)C)n1)C1CCCN(C(=O)c2ncccc2C)C1. The van der Waals surface area contributed by atoms with Crippen molar-refractivity contribution in [3.63, 3.8) is 0 Å². The number of aromatic nitrogens is 3. The van der Waals surface area contributed by atoms with Gasteiger partial charge in [0, 0.05) is 51.6 Å². The molecular weight excluding hydrogens is 382 g/mol. The number of piperidine rings is 1. The van der Waals surface area contributed by atoms with E-state index >= 15 is 0 Å². The summed E-state index contributed by atoms with van der Waals surface area (Å²) in [6.07, 6.45) is 4.64. The average Bonchev–Trinajstić information content (AvgIpc) is 3.14. The van der Waals surface area contributed by atoms with Crippen LogP contribution in [0.2, 0.25) is 0 Å². The maximum Gasteiger partial charge on any atom is 0.272 e. The second kappa shape index (κ2) is 9.82. The molecule has 0 spiro atoms. The Hall–Kier alpha value is -2.77. The molecule has 3 heterocycles. The average molecular weight is 414 g/mol. The highest BCUT2D eigenvalue weighted by Gasteiger charge is 2.30. The van der Waals surface area contributed by atoms with Gasteiger partial charge >= 0.3 is 0 Å². The summed E-state index contributed by atoms with van der Waals surface area (Å²) < 4.78 is 5.30. The standard InChI is InChI=1S/C22H31N5O3/c1-15(2)13-20-24-19(25-30-20)9-12-27(17(4)28)18-8-6-11-26(14-18)22(29)21-16(3)7-5-10-23-21/h5,7,10,15,18H,6,8-9,11-14H2,1-4H3. The summed E-state index contributed by atoms with van der Waals surface area (Å²) in [5, 5.41) is 4.04. The quantitative estimate of drug-likeness (QED) is 0.693. The lowest BCUT2D eigenvalue weighted by molar-refractivity contribution is -0.132. The van der Waals surface area contributed by atoms with E-state index in [0.717, 1.165) is 24.8 Å². The van der Waals surface area contributed by atoms with E-state index in [1.165, 1.54) is 0 Å². The number of carbonyl (C=O) groups excluding carboxylic acids is 2. The van der Waals surface area contributed by atoms with Gasteiger partial charge in [0.05, 0.1) is 0 Å². The fourth-order valence-electron chi connectivity index (χ4n) is 3.89. The zero-order valence-electron chi connectivity index (χ0n) is 18.3. The van der Waals surface area contributed by atoms with E-state index in [2.05, 4.69) is 29.0 Å². The monoisotopic (exact) mass is 413 g/mol. The van der Waals surface area contributed by atoms with Crippen molar-refractivity contribution in [1.82, 2.24) is 24.9 Å². The summed E-state index contributed by atoms with van der Waals surface area (Å²) in [5.41, 5.74) is 1.35. The lowest BCUT2D eigenvalue weighted by Gasteiger charge is -2.39. The van der Waals surface area contributed by atoms with E-state index in [1.807, 2.05) is 28.9 Å². The van der Waals surface area contributed by atoms with Crippen molar-refractivity contribution in [1.29, 1.82) is 0 Å². The van der Waals surface area contributed by atoms with Gasteiger partial charge in [-0.15, -0.1) is 0 Å². The van der Waals surface area contributed by atoms with Gasteiger partial charge in [-0.05, 0) is 37.3 Å². The molecule has 2 aromatic rings. The first-order valence-corrected chi connectivity index (χ1v) is 10.6. The van der Waals surface area contributed by atoms with E-state index in [4.69, 9.17) is 4.52 Å². The number of nitrogens with zero attached hydrogens (tertiary/aromatic N) is 5. The number of pyridine rings is 1. The second-order valence-corrected chi connectivity index (χ2v) is 8.38. The molecule has 1 fully saturated rings. The van der Waals surface area contributed by atoms with Gasteiger partial charge in [0.2, 0.25) is 11.8 Å². The van der Waals surface area contributed by atoms with E-state index in [1.54, 1.807) is 13.1 Å². The Kier molecular flexibility index (Phi) is 7.18. The molecule has 2 aromatic heterocycles. The molecule has 30 heavy (non-hydrogen) atoms. The van der Waals surface area contributed by atoms with Crippen molar-refractivity contribution in [2.75, 3.05) is 19.6 Å². The fourth-order valence-corrected chi connectivity index (χ4v) is 3.89. The first-order valence-electron chi connectivity index (χ1n) is 10.6. The van der Waals surface area contributed by atoms with Crippen LogP contribution in [0.1, 0.15) is 61.4 Å². The molecule has 8 heteroatoms. The summed E-state index contributed by atoms with van der Waals surface area (Å²) >= 11 is 0. The molecule has 1 atom stereocenters. The molecule has 0 bridgehead atoms. The van der Waals surface area contributed by atoms with Crippen LogP contribution in [0.4, 0.5) is 0 Å². The van der Waals surface area contributed by atoms with Gasteiger partial charge in [0.25, 0.3) is 5.91 Å². The number of hydrogen-bond donors (Lipinski definition) is 0. The molecule has 1 aliphatic heterocycles. The molecule has 1 aliphatic rings. The number of rotatable bonds is 7. The first-order chi connectivity index (χ1) is 14.3. The van der Waals surface area contributed by atoms with Crippen LogP contribution in [0.3, 0.4) is 0 Å². The molecule has 2 amide bonds. The van der Waals surface area contributed by atoms with E-state index in [9.17, 15) is 9.59 Å². The normalized spacial score (nSPS) is 16.7. The Morgan fingerprint density at radius 2 is 2.17 bits per heavy atom. The molecular formula is C22H31N5O3. The van der Waals surface area contributed by atoms with E-state index in [-0.39, 0.29) is 17.9 Å². The Labute approximate surface area is 177 Å². The smallest absolute Gasteiger partial charge is 0.272 e. The lowest BCUT2D eigenvalue weighted by Crippen LogP contribution is -2.52. The maximum atomic E-state index is 13.0. The van der Waals surface area contributed by atoms with Gasteiger partial charge < -0.3 is 14.3 Å². The van der Waals surface area contributed by atoms with Gasteiger partial charge in [-0.1, -0.05) is 25.1 Å². The zero-order chi connectivity index (χ0) is 21.7. The molecule has 8 nitrogen and oxygen atoms in total. The van der Waals surface area contributed by atoms with Gasteiger partial charge in [-0.3, -0.25) is 14.6 Å². The molecule has 0 aliphatic carbocycles. The second-order valence-electron chi connectivity index (χ2n) is 8.38. The third kappa shape index (κ3) is 5.43. The minimum atomic E-state index is -0.0715. The molecule has 0 radical (unpaired) electrons. The Morgan fingerprint density at radius 3 is 2.87 bits per heavy atom. The van der Waals surface area contributed by atoms with Gasteiger partial charge in [-0.25, -0.2) is 0 Å². The maximum absolute atomic E-state index is 13.0. The van der Waals surface area contributed by atoms with Crippen LogP contribution in [-0.2, 0) is 17.6 Å². The van der Waals surface area contributed by atoms with Crippen LogP contribution in [0.15, 0.2) is 22.9 Å². The van der Waals surface area contributed by atoms with Crippen molar-refractivity contribution in [2.45, 2.75) is 59.4 Å². The highest BCUT2D eigenvalue weighted by Crippen LogP contribution is 2.19. The van der Waals surface area contributed by atoms with Crippen molar-refractivity contribution >= 4 is 11.8 Å². The highest BCUT2D eigenvalue weighted by atomic mass is 16.5. The number of likely N-dealkylation sites (tertiary alicyclic amines) is 1. The minimum absolute atomic E-state index is 0.00536. The third-order valence-corrected chi connectivity index (χ3v) is 5.41. The van der Waals surface area contributed by atoms with E-state index in [0.29, 0.717) is 49.4 Å².